The molecular weight excluding hydrogens is 337 g/mol. The van der Waals surface area contributed by atoms with Gasteiger partial charge in [-0.2, -0.15) is 9.36 Å². The average Bonchev–Trinajstić information content (AvgIpc) is 2.82. The molecule has 1 aromatic heterocycles. The third-order valence-electron chi connectivity index (χ3n) is 3.35. The van der Waals surface area contributed by atoms with Crippen molar-refractivity contribution in [1.82, 2.24) is 25.1 Å². The van der Waals surface area contributed by atoms with Gasteiger partial charge in [-0.3, -0.25) is 4.79 Å². The number of tetrazole rings is 1. The molecule has 0 aliphatic carbocycles. The van der Waals surface area contributed by atoms with E-state index in [-0.39, 0.29) is 17.5 Å². The first-order chi connectivity index (χ1) is 11.3. The first-order valence-corrected chi connectivity index (χ1v) is 7.90. The van der Waals surface area contributed by atoms with E-state index >= 15 is 0 Å². The summed E-state index contributed by atoms with van der Waals surface area (Å²) in [7, 11) is 0. The van der Waals surface area contributed by atoms with Crippen molar-refractivity contribution in [2.24, 2.45) is 5.92 Å². The molecule has 0 unspecified atom stereocenters. The second-order valence-corrected chi connectivity index (χ2v) is 6.37. The Hall–Kier alpha value is -2.22. The van der Waals surface area contributed by atoms with Crippen molar-refractivity contribution in [2.75, 3.05) is 0 Å². The Labute approximate surface area is 143 Å². The van der Waals surface area contributed by atoms with E-state index < -0.39 is 23.5 Å². The smallest absolute Gasteiger partial charge is 0.348 e. The molecule has 1 heterocycles. The third kappa shape index (κ3) is 4.41. The van der Waals surface area contributed by atoms with Crippen LogP contribution in [0.5, 0.6) is 0 Å². The molecule has 9 heteroatoms. The highest BCUT2D eigenvalue weighted by molar-refractivity contribution is 6.30. The fourth-order valence-electron chi connectivity index (χ4n) is 2.15. The van der Waals surface area contributed by atoms with E-state index in [1.807, 2.05) is 13.8 Å². The molecule has 2 rings (SSSR count). The highest BCUT2D eigenvalue weighted by Crippen LogP contribution is 2.19. The molecule has 0 radical (unpaired) electrons. The Morgan fingerprint density at radius 1 is 1.29 bits per heavy atom. The summed E-state index contributed by atoms with van der Waals surface area (Å²) >= 11 is 5.64. The Kier molecular flexibility index (Phi) is 5.71. The van der Waals surface area contributed by atoms with Gasteiger partial charge >= 0.3 is 5.69 Å². The van der Waals surface area contributed by atoms with Gasteiger partial charge in [-0.15, -0.1) is 0 Å². The minimum atomic E-state index is -0.553. The lowest BCUT2D eigenvalue weighted by atomic mass is 10.1. The van der Waals surface area contributed by atoms with E-state index in [1.54, 1.807) is 13.0 Å². The summed E-state index contributed by atoms with van der Waals surface area (Å²) in [5.74, 6) is -0.735. The number of hydrogen-bond donors (Lipinski definition) is 1. The molecule has 1 amide bonds. The number of amides is 1. The fraction of sp³-hybridized carbons (Fsp3) is 0.467. The first-order valence-electron chi connectivity index (χ1n) is 7.53. The molecule has 0 saturated heterocycles. The van der Waals surface area contributed by atoms with Crippen LogP contribution in [0, 0.1) is 11.7 Å². The molecule has 1 atom stereocenters. The van der Waals surface area contributed by atoms with Crippen molar-refractivity contribution >= 4 is 17.5 Å². The molecule has 1 aromatic carbocycles. The summed E-state index contributed by atoms with van der Waals surface area (Å²) in [5.41, 5.74) is 0.130. The van der Waals surface area contributed by atoms with Crippen LogP contribution in [-0.4, -0.2) is 25.7 Å². The minimum Gasteiger partial charge on any atom is -0.348 e. The summed E-state index contributed by atoms with van der Waals surface area (Å²) in [5, 5.41) is 10.1. The zero-order valence-electron chi connectivity index (χ0n) is 13.7. The van der Waals surface area contributed by atoms with Gasteiger partial charge in [-0.05, 0) is 41.0 Å². The van der Waals surface area contributed by atoms with Gasteiger partial charge in [0.15, 0.2) is 0 Å². The van der Waals surface area contributed by atoms with Crippen LogP contribution >= 0.6 is 11.6 Å². The van der Waals surface area contributed by atoms with Crippen molar-refractivity contribution in [2.45, 2.75) is 39.9 Å². The number of rotatable bonds is 6. The standard InChI is InChI=1S/C15H19ClFN5O2/c1-9(2)7-21-15(24)22(20-19-21)8-14(23)18-10(3)11-4-5-12(16)13(17)6-11/h4-6,9-10H,7-8H2,1-3H3,(H,18,23)/t10-/m0/s1. The molecule has 0 saturated carbocycles. The number of carbonyl (C=O) groups excluding carboxylic acids is 1. The van der Waals surface area contributed by atoms with Crippen molar-refractivity contribution in [3.63, 3.8) is 0 Å². The molecule has 7 nitrogen and oxygen atoms in total. The van der Waals surface area contributed by atoms with E-state index in [1.165, 1.54) is 16.8 Å². The van der Waals surface area contributed by atoms with Crippen LogP contribution in [0.2, 0.25) is 5.02 Å². The molecule has 0 bridgehead atoms. The van der Waals surface area contributed by atoms with Crippen molar-refractivity contribution in [1.29, 1.82) is 0 Å². The number of nitrogens with zero attached hydrogens (tertiary/aromatic N) is 4. The summed E-state index contributed by atoms with van der Waals surface area (Å²) in [4.78, 5) is 24.1. The van der Waals surface area contributed by atoms with Gasteiger partial charge in [0.25, 0.3) is 0 Å². The second-order valence-electron chi connectivity index (χ2n) is 5.96. The lowest BCUT2D eigenvalue weighted by Gasteiger charge is -2.14. The van der Waals surface area contributed by atoms with E-state index in [9.17, 15) is 14.0 Å². The maximum Gasteiger partial charge on any atom is 0.364 e. The van der Waals surface area contributed by atoms with Crippen LogP contribution in [0.1, 0.15) is 32.4 Å². The maximum atomic E-state index is 13.5. The Morgan fingerprint density at radius 3 is 2.58 bits per heavy atom. The predicted molar refractivity (Wildman–Crippen MR) is 87.1 cm³/mol. The van der Waals surface area contributed by atoms with Gasteiger partial charge < -0.3 is 5.32 Å². The molecule has 2 aromatic rings. The molecular formula is C15H19ClFN5O2. The number of aromatic nitrogens is 4. The monoisotopic (exact) mass is 355 g/mol. The SMILES string of the molecule is CC(C)Cn1nnn(CC(=O)N[C@@H](C)c2ccc(Cl)c(F)c2)c1=O. The first kappa shape index (κ1) is 18.1. The molecule has 1 N–H and O–H groups in total. The lowest BCUT2D eigenvalue weighted by Crippen LogP contribution is -2.35. The second kappa shape index (κ2) is 7.57. The maximum absolute atomic E-state index is 13.5. The summed E-state index contributed by atoms with van der Waals surface area (Å²) in [6.07, 6.45) is 0. The predicted octanol–water partition coefficient (Wildman–Crippen LogP) is 1.77. The lowest BCUT2D eigenvalue weighted by molar-refractivity contribution is -0.122. The van der Waals surface area contributed by atoms with Crippen LogP contribution in [0.15, 0.2) is 23.0 Å². The zero-order chi connectivity index (χ0) is 17.9. The number of nitrogens with one attached hydrogen (secondary N) is 1. The average molecular weight is 356 g/mol. The Bertz CT molecular complexity index is 786. The molecule has 24 heavy (non-hydrogen) atoms. The quantitative estimate of drug-likeness (QED) is 0.856. The minimum absolute atomic E-state index is 0.0191. The van der Waals surface area contributed by atoms with Gasteiger partial charge in [0, 0.05) is 0 Å². The van der Waals surface area contributed by atoms with Crippen LogP contribution in [0.25, 0.3) is 0 Å². The van der Waals surface area contributed by atoms with Crippen LogP contribution in [0.3, 0.4) is 0 Å². The van der Waals surface area contributed by atoms with Crippen molar-refractivity contribution in [3.05, 3.63) is 45.1 Å². The molecule has 0 aliphatic rings. The van der Waals surface area contributed by atoms with E-state index in [4.69, 9.17) is 11.6 Å². The number of benzene rings is 1. The molecule has 0 spiro atoms. The van der Waals surface area contributed by atoms with Crippen LogP contribution in [-0.2, 0) is 17.9 Å². The zero-order valence-corrected chi connectivity index (χ0v) is 14.4. The molecule has 0 fully saturated rings. The number of carbonyl (C=O) groups is 1. The summed E-state index contributed by atoms with van der Waals surface area (Å²) in [6, 6.07) is 3.88. The van der Waals surface area contributed by atoms with Crippen LogP contribution in [0.4, 0.5) is 4.39 Å². The van der Waals surface area contributed by atoms with Gasteiger partial charge in [-0.25, -0.2) is 9.18 Å². The highest BCUT2D eigenvalue weighted by Gasteiger charge is 2.15. The Balaban J connectivity index is 2.01. The van der Waals surface area contributed by atoms with E-state index in [2.05, 4.69) is 15.7 Å². The highest BCUT2D eigenvalue weighted by atomic mass is 35.5. The van der Waals surface area contributed by atoms with Crippen LogP contribution < -0.4 is 11.0 Å². The number of hydrogen-bond acceptors (Lipinski definition) is 4. The topological polar surface area (TPSA) is 81.8 Å². The van der Waals surface area contributed by atoms with Crippen molar-refractivity contribution < 1.29 is 9.18 Å². The Morgan fingerprint density at radius 2 is 1.96 bits per heavy atom. The van der Waals surface area contributed by atoms with Gasteiger partial charge in [0.2, 0.25) is 5.91 Å². The largest absolute Gasteiger partial charge is 0.364 e. The fourth-order valence-corrected chi connectivity index (χ4v) is 2.27. The van der Waals surface area contributed by atoms with E-state index in [0.29, 0.717) is 12.1 Å². The van der Waals surface area contributed by atoms with E-state index in [0.717, 1.165) is 4.68 Å². The van der Waals surface area contributed by atoms with Gasteiger partial charge in [0.1, 0.15) is 12.4 Å². The normalized spacial score (nSPS) is 12.4. The van der Waals surface area contributed by atoms with Gasteiger partial charge in [-0.1, -0.05) is 31.5 Å². The van der Waals surface area contributed by atoms with Gasteiger partial charge in [0.05, 0.1) is 17.6 Å². The summed E-state index contributed by atoms with van der Waals surface area (Å²) < 4.78 is 15.7. The molecule has 130 valence electrons. The van der Waals surface area contributed by atoms with Crippen molar-refractivity contribution in [3.8, 4) is 0 Å². The number of halogens is 2. The summed E-state index contributed by atoms with van der Waals surface area (Å²) in [6.45, 7) is 5.79. The molecule has 0 aliphatic heterocycles. The third-order valence-corrected chi connectivity index (χ3v) is 3.66.